The molecule has 0 aromatic heterocycles. The quantitative estimate of drug-likeness (QED) is 0.240. The van der Waals surface area contributed by atoms with Gasteiger partial charge in [-0.1, -0.05) is 54.3 Å². The molecule has 3 rings (SSSR count). The predicted molar refractivity (Wildman–Crippen MR) is 122 cm³/mol. The minimum absolute atomic E-state index is 0.151. The molecule has 1 fully saturated rings. The zero-order valence-electron chi connectivity index (χ0n) is 16.4. The highest BCUT2D eigenvalue weighted by Crippen LogP contribution is 2.42. The lowest BCUT2D eigenvalue weighted by molar-refractivity contribution is -0.524. The number of benzene rings is 2. The Bertz CT molecular complexity index is 1020. The van der Waals surface area contributed by atoms with Gasteiger partial charge in [-0.15, -0.1) is 0 Å². The summed E-state index contributed by atoms with van der Waals surface area (Å²) in [6, 6.07) is 16.1. The van der Waals surface area contributed by atoms with E-state index < -0.39 is 20.9 Å². The Morgan fingerprint density at radius 1 is 1.21 bits per heavy atom. The highest BCUT2D eigenvalue weighted by molar-refractivity contribution is 8.24. The van der Waals surface area contributed by atoms with Crippen molar-refractivity contribution in [3.8, 4) is 0 Å². The van der Waals surface area contributed by atoms with E-state index in [4.69, 9.17) is 12.2 Å². The average Bonchev–Trinajstić information content (AvgIpc) is 2.91. The van der Waals surface area contributed by atoms with Crippen molar-refractivity contribution >= 4 is 44.5 Å². The van der Waals surface area contributed by atoms with Crippen molar-refractivity contribution in [1.29, 1.82) is 0 Å². The van der Waals surface area contributed by atoms with E-state index in [9.17, 15) is 13.6 Å². The van der Waals surface area contributed by atoms with Crippen LogP contribution in [0.25, 0.3) is 0 Å². The third-order valence-electron chi connectivity index (χ3n) is 4.67. The molecule has 0 spiro atoms. The molecule has 0 bridgehead atoms. The molecule has 0 amide bonds. The molecule has 6 nitrogen and oxygen atoms in total. The number of hydrogen-bond acceptors (Lipinski definition) is 5. The van der Waals surface area contributed by atoms with Gasteiger partial charge in [0.1, 0.15) is 9.07 Å². The van der Waals surface area contributed by atoms with Gasteiger partial charge in [0, 0.05) is 5.56 Å². The Morgan fingerprint density at radius 2 is 1.83 bits per heavy atom. The van der Waals surface area contributed by atoms with Gasteiger partial charge in [0.05, 0.1) is 11.4 Å². The molecule has 0 aliphatic carbocycles. The maximum absolute atomic E-state index is 13.1. The van der Waals surface area contributed by atoms with Crippen LogP contribution in [0.1, 0.15) is 25.0 Å². The monoisotopic (exact) mass is 449 g/mol. The summed E-state index contributed by atoms with van der Waals surface area (Å²) in [5, 5.41) is 13.1. The molecule has 2 aromatic rings. The molecule has 29 heavy (non-hydrogen) atoms. The van der Waals surface area contributed by atoms with Crippen LogP contribution in [0.5, 0.6) is 0 Å². The van der Waals surface area contributed by atoms with Crippen molar-refractivity contribution in [2.75, 3.05) is 7.05 Å². The Hall–Kier alpha value is -1.94. The fourth-order valence-electron chi connectivity index (χ4n) is 3.25. The predicted octanol–water partition coefficient (Wildman–Crippen LogP) is 3.16. The molecular formula is C20H23N3O3S3. The topological polar surface area (TPSA) is 75.5 Å². The minimum Gasteiger partial charge on any atom is -0.622 e. The van der Waals surface area contributed by atoms with Crippen LogP contribution in [0.3, 0.4) is 0 Å². The summed E-state index contributed by atoms with van der Waals surface area (Å²) in [6.07, 6.45) is 0.996. The van der Waals surface area contributed by atoms with E-state index in [1.54, 1.807) is 12.1 Å². The van der Waals surface area contributed by atoms with E-state index in [1.807, 2.05) is 49.1 Å². The van der Waals surface area contributed by atoms with Crippen LogP contribution in [0.4, 0.5) is 0 Å². The summed E-state index contributed by atoms with van der Waals surface area (Å²) in [7, 11) is -2.15. The number of rotatable bonds is 6. The number of nitrogens with one attached hydrogen (secondary N) is 1. The molecule has 1 heterocycles. The first-order valence-corrected chi connectivity index (χ1v) is 11.7. The molecular weight excluding hydrogens is 426 g/mol. The first kappa shape index (κ1) is 21.8. The summed E-state index contributed by atoms with van der Waals surface area (Å²) in [5.41, 5.74) is 1.70. The van der Waals surface area contributed by atoms with Crippen molar-refractivity contribution in [2.24, 2.45) is 0 Å². The largest absolute Gasteiger partial charge is 0.622 e. The molecule has 2 aromatic carbocycles. The summed E-state index contributed by atoms with van der Waals surface area (Å²) in [4.78, 5) is 2.09. The van der Waals surface area contributed by atoms with E-state index in [0.29, 0.717) is 16.4 Å². The van der Waals surface area contributed by atoms with Gasteiger partial charge in [-0.25, -0.2) is 13.1 Å². The first-order valence-electron chi connectivity index (χ1n) is 9.01. The van der Waals surface area contributed by atoms with Crippen LogP contribution in [0, 0.1) is 5.21 Å². The van der Waals surface area contributed by atoms with Crippen molar-refractivity contribution < 1.29 is 13.2 Å². The Kier molecular flexibility index (Phi) is 6.33. The van der Waals surface area contributed by atoms with Crippen LogP contribution in [0.2, 0.25) is 0 Å². The van der Waals surface area contributed by atoms with E-state index in [-0.39, 0.29) is 4.90 Å². The fourth-order valence-corrected chi connectivity index (χ4v) is 5.86. The number of nitrogens with zero attached hydrogens (tertiary/aromatic N) is 2. The number of thiocarbonyl (C=S) groups is 1. The lowest BCUT2D eigenvalue weighted by atomic mass is 10.1. The van der Waals surface area contributed by atoms with Gasteiger partial charge in [-0.3, -0.25) is 4.90 Å². The van der Waals surface area contributed by atoms with Gasteiger partial charge in [0.15, 0.2) is 6.21 Å². The summed E-state index contributed by atoms with van der Waals surface area (Å²) >= 11 is 7.07. The number of sulfonamides is 1. The van der Waals surface area contributed by atoms with Crippen molar-refractivity contribution in [1.82, 2.24) is 9.62 Å². The lowest BCUT2D eigenvalue weighted by Gasteiger charge is -2.29. The van der Waals surface area contributed by atoms with Gasteiger partial charge in [0.2, 0.25) is 10.0 Å². The molecule has 1 atom stereocenters. The van der Waals surface area contributed by atoms with E-state index in [2.05, 4.69) is 4.72 Å². The molecule has 1 unspecified atom stereocenters. The zero-order chi connectivity index (χ0) is 21.2. The maximum Gasteiger partial charge on any atom is 0.254 e. The highest BCUT2D eigenvalue weighted by atomic mass is 32.2. The zero-order valence-corrected chi connectivity index (χ0v) is 18.9. The number of thioether (sulfide) groups is 1. The molecule has 9 heteroatoms. The minimum atomic E-state index is -3.51. The van der Waals surface area contributed by atoms with E-state index in [1.165, 1.54) is 37.2 Å². The van der Waals surface area contributed by atoms with Crippen LogP contribution in [-0.4, -0.2) is 46.6 Å². The summed E-state index contributed by atoms with van der Waals surface area (Å²) in [6.45, 7) is 4.55. The standard InChI is InChI=1S/C20H23N3O3S3/c1-20(2)18(22(19(27)28-20)13-15-7-5-4-6-8-15)23(24)14-16-9-11-17(12-10-16)29(25,26)21-3/h4-12,14,18,21H,13H2,1-3H3. The molecule has 1 aliphatic heterocycles. The Labute approximate surface area is 181 Å². The van der Waals surface area contributed by atoms with Crippen LogP contribution >= 0.6 is 24.0 Å². The van der Waals surface area contributed by atoms with Gasteiger partial charge in [-0.2, -0.15) is 4.74 Å². The van der Waals surface area contributed by atoms with Crippen molar-refractivity contribution in [3.05, 3.63) is 70.9 Å². The number of hydrogen-bond donors (Lipinski definition) is 1. The second-order valence-electron chi connectivity index (χ2n) is 7.22. The highest BCUT2D eigenvalue weighted by Gasteiger charge is 2.50. The molecule has 154 valence electrons. The normalized spacial score (nSPS) is 19.6. The molecule has 0 saturated carbocycles. The maximum atomic E-state index is 13.1. The Balaban J connectivity index is 1.89. The molecule has 1 saturated heterocycles. The number of hydroxylamine groups is 1. The summed E-state index contributed by atoms with van der Waals surface area (Å²) in [5.74, 6) is 0. The third kappa shape index (κ3) is 4.80. The second-order valence-corrected chi connectivity index (χ2v) is 11.4. The lowest BCUT2D eigenvalue weighted by Crippen LogP contribution is -2.47. The van der Waals surface area contributed by atoms with Gasteiger partial charge in [0.25, 0.3) is 6.17 Å². The smallest absolute Gasteiger partial charge is 0.254 e. The van der Waals surface area contributed by atoms with Gasteiger partial charge in [-0.05, 0) is 50.7 Å². The average molecular weight is 450 g/mol. The van der Waals surface area contributed by atoms with E-state index >= 15 is 0 Å². The summed E-state index contributed by atoms with van der Waals surface area (Å²) < 4.78 is 27.2. The second kappa shape index (κ2) is 8.43. The van der Waals surface area contributed by atoms with Crippen LogP contribution in [-0.2, 0) is 16.6 Å². The van der Waals surface area contributed by atoms with Crippen molar-refractivity contribution in [3.63, 3.8) is 0 Å². The third-order valence-corrected chi connectivity index (χ3v) is 7.73. The van der Waals surface area contributed by atoms with Gasteiger partial charge < -0.3 is 5.21 Å². The molecule has 0 radical (unpaired) electrons. The Morgan fingerprint density at radius 3 is 2.41 bits per heavy atom. The fraction of sp³-hybridized carbons (Fsp3) is 0.300. The molecule has 1 aliphatic rings. The molecule has 1 N–H and O–H groups in total. The van der Waals surface area contributed by atoms with Crippen molar-refractivity contribution in [2.45, 2.75) is 36.2 Å². The van der Waals surface area contributed by atoms with Crippen LogP contribution < -0.4 is 4.72 Å². The van der Waals surface area contributed by atoms with E-state index in [0.717, 1.165) is 10.3 Å². The van der Waals surface area contributed by atoms with Crippen LogP contribution in [0.15, 0.2) is 59.5 Å². The van der Waals surface area contributed by atoms with Gasteiger partial charge >= 0.3 is 0 Å². The first-order chi connectivity index (χ1) is 13.6. The SMILES string of the molecule is CNS(=O)(=O)c1ccc(C=[N+]([O-])C2N(Cc3ccccc3)C(=S)SC2(C)C)cc1.